The quantitative estimate of drug-likeness (QED) is 0.393. The molecule has 10 heavy (non-hydrogen) atoms. The van der Waals surface area contributed by atoms with Crippen molar-refractivity contribution in [2.45, 2.75) is 17.8 Å². The van der Waals surface area contributed by atoms with Crippen LogP contribution >= 0.6 is 23.2 Å². The fourth-order valence-corrected chi connectivity index (χ4v) is 1.10. The fourth-order valence-electron chi connectivity index (χ4n) is 0.440. The molecule has 0 bridgehead atoms. The van der Waals surface area contributed by atoms with Gasteiger partial charge in [0.2, 0.25) is 0 Å². The third-order valence-corrected chi connectivity index (χ3v) is 2.42. The lowest BCUT2D eigenvalue weighted by Crippen LogP contribution is -2.58. The Bertz CT molecular complexity index is 87.4. The molecule has 0 spiro atoms. The molecular formula is C5H11Cl2FN2. The van der Waals surface area contributed by atoms with Gasteiger partial charge in [-0.15, -0.1) is 23.2 Å². The molecule has 0 fully saturated rings. The molecule has 0 aliphatic rings. The van der Waals surface area contributed by atoms with Gasteiger partial charge in [-0.05, 0) is 6.92 Å². The topological polar surface area (TPSA) is 38.0 Å². The van der Waals surface area contributed by atoms with E-state index >= 15 is 0 Å². The summed E-state index contributed by atoms with van der Waals surface area (Å²) in [4.78, 5) is 0. The molecule has 5 heteroatoms. The summed E-state index contributed by atoms with van der Waals surface area (Å²) >= 11 is 11.1. The van der Waals surface area contributed by atoms with Crippen molar-refractivity contribution >= 4 is 23.2 Å². The molecule has 62 valence electrons. The fraction of sp³-hybridized carbons (Fsp3) is 1.00. The second-order valence-electron chi connectivity index (χ2n) is 2.18. The van der Waals surface area contributed by atoms with Crippen LogP contribution in [0, 0.1) is 0 Å². The molecule has 0 saturated carbocycles. The monoisotopic (exact) mass is 188 g/mol. The number of nitrogens with two attached hydrogens (primary N) is 1. The Kier molecular flexibility index (Phi) is 4.52. The molecule has 2 nitrogen and oxygen atoms in total. The van der Waals surface area contributed by atoms with Crippen LogP contribution in [0.2, 0.25) is 0 Å². The highest BCUT2D eigenvalue weighted by Crippen LogP contribution is 2.17. The Hall–Kier alpha value is 0.430. The van der Waals surface area contributed by atoms with Gasteiger partial charge < -0.3 is 0 Å². The highest BCUT2D eigenvalue weighted by molar-refractivity contribution is 6.23. The third-order valence-electron chi connectivity index (χ3n) is 1.53. The van der Waals surface area contributed by atoms with Crippen LogP contribution in [0.5, 0.6) is 0 Å². The zero-order chi connectivity index (χ0) is 8.20. The SMILES string of the molecule is CC(Cl)C(CF)(CCl)NN. The van der Waals surface area contributed by atoms with Gasteiger partial charge in [0.15, 0.2) is 0 Å². The number of hydrogen-bond acceptors (Lipinski definition) is 2. The Morgan fingerprint density at radius 2 is 2.30 bits per heavy atom. The summed E-state index contributed by atoms with van der Waals surface area (Å²) in [7, 11) is 0. The second kappa shape index (κ2) is 4.34. The standard InChI is InChI=1S/C5H11Cl2FN2/c1-4(7)5(2-6,3-8)10-9/h4,10H,2-3,9H2,1H3. The van der Waals surface area contributed by atoms with Crippen molar-refractivity contribution in [1.29, 1.82) is 0 Å². The summed E-state index contributed by atoms with van der Waals surface area (Å²) in [6.07, 6.45) is 0. The largest absolute Gasteiger partial charge is 0.271 e. The first-order chi connectivity index (χ1) is 4.63. The van der Waals surface area contributed by atoms with Gasteiger partial charge >= 0.3 is 0 Å². The van der Waals surface area contributed by atoms with Gasteiger partial charge in [0.25, 0.3) is 0 Å². The molecule has 0 aromatic carbocycles. The molecule has 0 heterocycles. The highest BCUT2D eigenvalue weighted by atomic mass is 35.5. The van der Waals surface area contributed by atoms with Gasteiger partial charge in [0.1, 0.15) is 6.67 Å². The van der Waals surface area contributed by atoms with E-state index in [9.17, 15) is 4.39 Å². The van der Waals surface area contributed by atoms with Crippen LogP contribution in [-0.2, 0) is 0 Å². The Labute approximate surface area is 69.8 Å². The van der Waals surface area contributed by atoms with Gasteiger partial charge in [0, 0.05) is 5.88 Å². The number of rotatable bonds is 4. The molecule has 0 aliphatic heterocycles. The molecule has 0 aromatic heterocycles. The van der Waals surface area contributed by atoms with Gasteiger partial charge in [-0.2, -0.15) is 0 Å². The van der Waals surface area contributed by atoms with Crippen molar-refractivity contribution in [2.24, 2.45) is 5.84 Å². The molecular weight excluding hydrogens is 178 g/mol. The first-order valence-corrected chi connectivity index (χ1v) is 3.84. The van der Waals surface area contributed by atoms with Crippen molar-refractivity contribution in [3.8, 4) is 0 Å². The zero-order valence-electron chi connectivity index (χ0n) is 5.70. The lowest BCUT2D eigenvalue weighted by atomic mass is 10.0. The van der Waals surface area contributed by atoms with Crippen molar-refractivity contribution in [3.05, 3.63) is 0 Å². The third kappa shape index (κ3) is 1.95. The van der Waals surface area contributed by atoms with Gasteiger partial charge in [-0.1, -0.05) is 0 Å². The average molecular weight is 189 g/mol. The van der Waals surface area contributed by atoms with Gasteiger partial charge in [0.05, 0.1) is 10.9 Å². The van der Waals surface area contributed by atoms with Gasteiger partial charge in [-0.3, -0.25) is 5.84 Å². The van der Waals surface area contributed by atoms with Crippen molar-refractivity contribution in [1.82, 2.24) is 5.43 Å². The predicted octanol–water partition coefficient (Wildman–Crippen LogP) is 1.02. The van der Waals surface area contributed by atoms with Crippen molar-refractivity contribution in [3.63, 3.8) is 0 Å². The van der Waals surface area contributed by atoms with E-state index in [1.54, 1.807) is 6.92 Å². The lowest BCUT2D eigenvalue weighted by Gasteiger charge is -2.30. The Morgan fingerprint density at radius 1 is 1.80 bits per heavy atom. The lowest BCUT2D eigenvalue weighted by molar-refractivity contribution is 0.269. The highest BCUT2D eigenvalue weighted by Gasteiger charge is 2.33. The zero-order valence-corrected chi connectivity index (χ0v) is 7.21. The number of halogens is 3. The minimum absolute atomic E-state index is 0.0602. The maximum absolute atomic E-state index is 12.3. The van der Waals surface area contributed by atoms with Crippen molar-refractivity contribution < 1.29 is 4.39 Å². The van der Waals surface area contributed by atoms with E-state index in [0.717, 1.165) is 0 Å². The minimum atomic E-state index is -0.983. The first-order valence-electron chi connectivity index (χ1n) is 2.86. The van der Waals surface area contributed by atoms with E-state index < -0.39 is 17.6 Å². The summed E-state index contributed by atoms with van der Waals surface area (Å²) in [6, 6.07) is 0. The van der Waals surface area contributed by atoms with Crippen LogP contribution in [0.15, 0.2) is 0 Å². The van der Waals surface area contributed by atoms with E-state index in [-0.39, 0.29) is 5.88 Å². The molecule has 0 amide bonds. The summed E-state index contributed by atoms with van der Waals surface area (Å²) in [5, 5.41) is -0.431. The van der Waals surface area contributed by atoms with E-state index in [4.69, 9.17) is 29.0 Å². The summed E-state index contributed by atoms with van der Waals surface area (Å²) < 4.78 is 12.3. The van der Waals surface area contributed by atoms with Crippen LogP contribution in [-0.4, -0.2) is 23.5 Å². The normalized spacial score (nSPS) is 20.1. The maximum atomic E-state index is 12.3. The maximum Gasteiger partial charge on any atom is 0.111 e. The predicted molar refractivity (Wildman–Crippen MR) is 42.1 cm³/mol. The van der Waals surface area contributed by atoms with E-state index in [0.29, 0.717) is 0 Å². The Morgan fingerprint density at radius 3 is 2.30 bits per heavy atom. The smallest absolute Gasteiger partial charge is 0.111 e. The second-order valence-corrected chi connectivity index (χ2v) is 3.11. The number of hydrogen-bond donors (Lipinski definition) is 2. The number of alkyl halides is 3. The van der Waals surface area contributed by atoms with Crippen LogP contribution in [0.25, 0.3) is 0 Å². The minimum Gasteiger partial charge on any atom is -0.271 e. The average Bonchev–Trinajstić information content (AvgIpc) is 1.92. The van der Waals surface area contributed by atoms with Crippen LogP contribution in [0.4, 0.5) is 4.39 Å². The molecule has 2 atom stereocenters. The molecule has 0 saturated heterocycles. The molecule has 0 radical (unpaired) electrons. The molecule has 0 rings (SSSR count). The summed E-state index contributed by atoms with van der Waals surface area (Å²) in [5.74, 6) is 5.13. The molecule has 2 unspecified atom stereocenters. The van der Waals surface area contributed by atoms with Crippen molar-refractivity contribution in [2.75, 3.05) is 12.6 Å². The molecule has 0 aromatic rings. The Balaban J connectivity index is 4.15. The van der Waals surface area contributed by atoms with Crippen LogP contribution < -0.4 is 11.3 Å². The molecule has 3 N–H and O–H groups in total. The summed E-state index contributed by atoms with van der Waals surface area (Å²) in [6.45, 7) is 0.973. The van der Waals surface area contributed by atoms with Crippen LogP contribution in [0.1, 0.15) is 6.92 Å². The van der Waals surface area contributed by atoms with Gasteiger partial charge in [-0.25, -0.2) is 9.82 Å². The summed E-state index contributed by atoms with van der Waals surface area (Å²) in [5.41, 5.74) is 1.29. The van der Waals surface area contributed by atoms with E-state index in [1.165, 1.54) is 0 Å². The first kappa shape index (κ1) is 10.4. The number of nitrogens with one attached hydrogen (secondary N) is 1. The van der Waals surface area contributed by atoms with Crippen LogP contribution in [0.3, 0.4) is 0 Å². The number of hydrazine groups is 1. The molecule has 0 aliphatic carbocycles. The van der Waals surface area contributed by atoms with E-state index in [1.807, 2.05) is 0 Å². The van der Waals surface area contributed by atoms with E-state index in [2.05, 4.69) is 5.43 Å².